The van der Waals surface area contributed by atoms with Crippen molar-refractivity contribution in [2.75, 3.05) is 18.8 Å². The number of carbonyl (C=O) groups excluding carboxylic acids is 1. The first-order valence-electron chi connectivity index (χ1n) is 7.30. The van der Waals surface area contributed by atoms with E-state index in [9.17, 15) is 9.18 Å². The van der Waals surface area contributed by atoms with E-state index in [0.29, 0.717) is 5.41 Å². The Hall–Kier alpha value is -1.65. The molecule has 1 aliphatic heterocycles. The summed E-state index contributed by atoms with van der Waals surface area (Å²) in [6, 6.07) is 1.19. The molecular weight excluding hydrogens is 257 g/mol. The predicted octanol–water partition coefficient (Wildman–Crippen LogP) is 2.60. The Morgan fingerprint density at radius 1 is 1.25 bits per heavy atom. The highest BCUT2D eigenvalue weighted by Gasteiger charge is 2.38. The molecule has 1 saturated heterocycles. The lowest BCUT2D eigenvalue weighted by Crippen LogP contribution is -2.42. The van der Waals surface area contributed by atoms with Crippen molar-refractivity contribution >= 4 is 11.7 Å². The summed E-state index contributed by atoms with van der Waals surface area (Å²) in [5.74, 6) is -0.605. The van der Waals surface area contributed by atoms with Crippen LogP contribution >= 0.6 is 0 Å². The molecule has 1 aromatic rings. The topological polar surface area (TPSA) is 59.2 Å². The fraction of sp³-hybridized carbons (Fsp3) is 0.600. The molecule has 0 bridgehead atoms. The van der Waals surface area contributed by atoms with Crippen LogP contribution in [0.4, 0.5) is 10.2 Å². The molecule has 1 amide bonds. The van der Waals surface area contributed by atoms with Crippen molar-refractivity contribution < 1.29 is 9.18 Å². The molecule has 20 heavy (non-hydrogen) atoms. The standard InChI is InChI=1S/C15H20FN3O/c16-11-9-12(13(17)18-10-11)14(20)19-7-5-15(6-8-19)3-1-2-4-15/h9-10H,1-8H2,(H2,17,18). The number of hydrogen-bond acceptors (Lipinski definition) is 3. The van der Waals surface area contributed by atoms with E-state index in [4.69, 9.17) is 5.73 Å². The summed E-state index contributed by atoms with van der Waals surface area (Å²) in [6.45, 7) is 1.49. The third-order valence-electron chi connectivity index (χ3n) is 4.89. The number of hydrogen-bond donors (Lipinski definition) is 1. The molecule has 108 valence electrons. The van der Waals surface area contributed by atoms with Crippen LogP contribution in [-0.2, 0) is 0 Å². The number of anilines is 1. The maximum Gasteiger partial charge on any atom is 0.257 e. The highest BCUT2D eigenvalue weighted by atomic mass is 19.1. The summed E-state index contributed by atoms with van der Waals surface area (Å²) in [7, 11) is 0. The van der Waals surface area contributed by atoms with Gasteiger partial charge in [-0.15, -0.1) is 0 Å². The van der Waals surface area contributed by atoms with Gasteiger partial charge >= 0.3 is 0 Å². The molecule has 2 fully saturated rings. The summed E-state index contributed by atoms with van der Waals surface area (Å²) in [5, 5.41) is 0. The average Bonchev–Trinajstić information content (AvgIpc) is 2.90. The summed E-state index contributed by atoms with van der Waals surface area (Å²) in [4.78, 5) is 17.9. The Morgan fingerprint density at radius 2 is 1.90 bits per heavy atom. The second-order valence-corrected chi connectivity index (χ2v) is 6.09. The summed E-state index contributed by atoms with van der Waals surface area (Å²) in [5.41, 5.74) is 6.34. The molecule has 1 aliphatic carbocycles. The summed E-state index contributed by atoms with van der Waals surface area (Å²) >= 11 is 0. The molecule has 1 saturated carbocycles. The van der Waals surface area contributed by atoms with Crippen LogP contribution < -0.4 is 5.73 Å². The maximum atomic E-state index is 13.2. The van der Waals surface area contributed by atoms with E-state index in [-0.39, 0.29) is 17.3 Å². The molecule has 3 rings (SSSR count). The Balaban J connectivity index is 1.71. The zero-order valence-corrected chi connectivity index (χ0v) is 11.6. The molecule has 0 atom stereocenters. The Morgan fingerprint density at radius 3 is 2.55 bits per heavy atom. The van der Waals surface area contributed by atoms with Crippen LogP contribution in [0, 0.1) is 11.2 Å². The lowest BCUT2D eigenvalue weighted by Gasteiger charge is -2.39. The van der Waals surface area contributed by atoms with Crippen molar-refractivity contribution in [1.29, 1.82) is 0 Å². The lowest BCUT2D eigenvalue weighted by molar-refractivity contribution is 0.0587. The molecule has 5 heteroatoms. The summed E-state index contributed by atoms with van der Waals surface area (Å²) in [6.07, 6.45) is 8.36. The Kier molecular flexibility index (Phi) is 3.36. The fourth-order valence-electron chi connectivity index (χ4n) is 3.60. The van der Waals surface area contributed by atoms with Gasteiger partial charge in [-0.2, -0.15) is 0 Å². The number of nitrogens with two attached hydrogens (primary N) is 1. The van der Waals surface area contributed by atoms with Crippen molar-refractivity contribution in [3.8, 4) is 0 Å². The number of carbonyl (C=O) groups is 1. The van der Waals surface area contributed by atoms with E-state index in [2.05, 4.69) is 4.98 Å². The fourth-order valence-corrected chi connectivity index (χ4v) is 3.60. The van der Waals surface area contributed by atoms with Crippen LogP contribution in [-0.4, -0.2) is 28.9 Å². The number of nitrogens with zero attached hydrogens (tertiary/aromatic N) is 2. The van der Waals surface area contributed by atoms with Crippen LogP contribution in [0.2, 0.25) is 0 Å². The van der Waals surface area contributed by atoms with Gasteiger partial charge in [0.25, 0.3) is 5.91 Å². The zero-order chi connectivity index (χ0) is 14.2. The van der Waals surface area contributed by atoms with Crippen molar-refractivity contribution in [3.63, 3.8) is 0 Å². The monoisotopic (exact) mass is 277 g/mol. The smallest absolute Gasteiger partial charge is 0.257 e. The highest BCUT2D eigenvalue weighted by molar-refractivity contribution is 5.98. The van der Waals surface area contributed by atoms with E-state index in [1.165, 1.54) is 31.7 Å². The largest absolute Gasteiger partial charge is 0.383 e. The first-order valence-corrected chi connectivity index (χ1v) is 7.30. The molecule has 0 aromatic carbocycles. The van der Waals surface area contributed by atoms with Crippen molar-refractivity contribution in [1.82, 2.24) is 9.88 Å². The molecule has 0 unspecified atom stereocenters. The molecule has 2 N–H and O–H groups in total. The SMILES string of the molecule is Nc1ncc(F)cc1C(=O)N1CCC2(CCCC2)CC1. The van der Waals surface area contributed by atoms with E-state index in [1.807, 2.05) is 0 Å². The van der Waals surface area contributed by atoms with Crippen LogP contribution in [0.1, 0.15) is 48.9 Å². The van der Waals surface area contributed by atoms with Gasteiger partial charge in [-0.3, -0.25) is 4.79 Å². The minimum absolute atomic E-state index is 0.109. The quantitative estimate of drug-likeness (QED) is 0.858. The molecule has 1 spiro atoms. The van der Waals surface area contributed by atoms with Gasteiger partial charge in [0.15, 0.2) is 0 Å². The lowest BCUT2D eigenvalue weighted by atomic mass is 9.77. The van der Waals surface area contributed by atoms with Gasteiger partial charge in [0.1, 0.15) is 11.6 Å². The van der Waals surface area contributed by atoms with Gasteiger partial charge in [-0.05, 0) is 37.2 Å². The summed E-state index contributed by atoms with van der Waals surface area (Å²) < 4.78 is 13.2. The van der Waals surface area contributed by atoms with Gasteiger partial charge in [0.05, 0.1) is 11.8 Å². The van der Waals surface area contributed by atoms with Crippen LogP contribution in [0.25, 0.3) is 0 Å². The molecule has 2 heterocycles. The zero-order valence-electron chi connectivity index (χ0n) is 11.6. The van der Waals surface area contributed by atoms with E-state index in [0.717, 1.165) is 32.1 Å². The number of piperidine rings is 1. The molecule has 2 aliphatic rings. The van der Waals surface area contributed by atoms with Crippen LogP contribution in [0.5, 0.6) is 0 Å². The first kappa shape index (κ1) is 13.3. The third-order valence-corrected chi connectivity index (χ3v) is 4.89. The van der Waals surface area contributed by atoms with E-state index in [1.54, 1.807) is 4.90 Å². The second kappa shape index (κ2) is 5.04. The number of amides is 1. The second-order valence-electron chi connectivity index (χ2n) is 6.09. The van der Waals surface area contributed by atoms with Crippen molar-refractivity contribution in [3.05, 3.63) is 23.6 Å². The number of likely N-dealkylation sites (tertiary alicyclic amines) is 1. The number of halogens is 1. The average molecular weight is 277 g/mol. The molecular formula is C15H20FN3O. The maximum absolute atomic E-state index is 13.2. The number of rotatable bonds is 1. The molecule has 4 nitrogen and oxygen atoms in total. The van der Waals surface area contributed by atoms with Crippen LogP contribution in [0.15, 0.2) is 12.3 Å². The number of nitrogen functional groups attached to an aromatic ring is 1. The molecule has 1 aromatic heterocycles. The van der Waals surface area contributed by atoms with Gasteiger partial charge in [0.2, 0.25) is 0 Å². The van der Waals surface area contributed by atoms with Crippen molar-refractivity contribution in [2.45, 2.75) is 38.5 Å². The highest BCUT2D eigenvalue weighted by Crippen LogP contribution is 2.46. The van der Waals surface area contributed by atoms with Gasteiger partial charge in [-0.1, -0.05) is 12.8 Å². The van der Waals surface area contributed by atoms with E-state index < -0.39 is 5.82 Å². The third kappa shape index (κ3) is 2.37. The van der Waals surface area contributed by atoms with Crippen LogP contribution in [0.3, 0.4) is 0 Å². The Labute approximate surface area is 118 Å². The molecule has 0 radical (unpaired) electrons. The minimum atomic E-state index is -0.521. The van der Waals surface area contributed by atoms with Gasteiger partial charge < -0.3 is 10.6 Å². The van der Waals surface area contributed by atoms with Gasteiger partial charge in [0, 0.05) is 13.1 Å². The van der Waals surface area contributed by atoms with E-state index >= 15 is 0 Å². The Bertz CT molecular complexity index is 516. The van der Waals surface area contributed by atoms with Crippen molar-refractivity contribution in [2.24, 2.45) is 5.41 Å². The number of pyridine rings is 1. The number of aromatic nitrogens is 1. The first-order chi connectivity index (χ1) is 9.60. The normalized spacial score (nSPS) is 21.4. The minimum Gasteiger partial charge on any atom is -0.383 e. The predicted molar refractivity (Wildman–Crippen MR) is 74.6 cm³/mol. The van der Waals surface area contributed by atoms with Gasteiger partial charge in [-0.25, -0.2) is 9.37 Å².